The number of nitrogens with one attached hydrogen (secondary N) is 1. The summed E-state index contributed by atoms with van der Waals surface area (Å²) in [5, 5.41) is 5.47. The van der Waals surface area contributed by atoms with Gasteiger partial charge in [0.15, 0.2) is 5.13 Å². The molecule has 3 rings (SSSR count). The lowest BCUT2D eigenvalue weighted by molar-refractivity contribution is -0.115. The molecule has 0 atom stereocenters. The van der Waals surface area contributed by atoms with Crippen LogP contribution in [0.3, 0.4) is 0 Å². The number of aromatic nitrogens is 1. The number of hydrogen-bond donors (Lipinski definition) is 1. The van der Waals surface area contributed by atoms with Gasteiger partial charge in [-0.3, -0.25) is 4.79 Å². The zero-order valence-corrected chi connectivity index (χ0v) is 16.2. The molecule has 0 aliphatic carbocycles. The van der Waals surface area contributed by atoms with Crippen molar-refractivity contribution in [3.05, 3.63) is 64.0 Å². The molecule has 0 spiro atoms. The molecule has 0 aliphatic rings. The molecule has 134 valence electrons. The summed E-state index contributed by atoms with van der Waals surface area (Å²) in [7, 11) is 1.66. The van der Waals surface area contributed by atoms with Gasteiger partial charge in [0.25, 0.3) is 0 Å². The van der Waals surface area contributed by atoms with E-state index in [0.29, 0.717) is 11.6 Å². The van der Waals surface area contributed by atoms with Gasteiger partial charge in [0, 0.05) is 10.9 Å². The average Bonchev–Trinajstić information content (AvgIpc) is 3.05. The Morgan fingerprint density at radius 2 is 1.92 bits per heavy atom. The number of anilines is 1. The second kappa shape index (κ2) is 7.70. The van der Waals surface area contributed by atoms with Gasteiger partial charge < -0.3 is 10.1 Å². The fourth-order valence-electron chi connectivity index (χ4n) is 2.88. The van der Waals surface area contributed by atoms with Crippen LogP contribution in [0.5, 0.6) is 5.75 Å². The number of rotatable bonds is 5. The van der Waals surface area contributed by atoms with Crippen LogP contribution in [-0.2, 0) is 11.2 Å². The van der Waals surface area contributed by atoms with E-state index in [0.717, 1.165) is 33.7 Å². The van der Waals surface area contributed by atoms with Crippen LogP contribution < -0.4 is 10.1 Å². The summed E-state index contributed by atoms with van der Waals surface area (Å²) in [6, 6.07) is 12.1. The summed E-state index contributed by atoms with van der Waals surface area (Å²) in [6.07, 6.45) is 0.350. The normalized spacial score (nSPS) is 10.6. The van der Waals surface area contributed by atoms with Crippen molar-refractivity contribution in [2.75, 3.05) is 12.4 Å². The third-order valence-corrected chi connectivity index (χ3v) is 5.05. The Morgan fingerprint density at radius 3 is 2.62 bits per heavy atom. The molecular formula is C21H22N2O2S. The number of carbonyl (C=O) groups excluding carboxylic acids is 1. The molecule has 0 saturated carbocycles. The molecule has 5 heteroatoms. The molecule has 1 heterocycles. The van der Waals surface area contributed by atoms with Crippen molar-refractivity contribution in [1.82, 2.24) is 4.98 Å². The SMILES string of the molecule is COc1ccc(-c2csc(NC(=O)Cc3ccc(C)cc3C)n2)cc1C. The van der Waals surface area contributed by atoms with Crippen LogP contribution in [0.4, 0.5) is 5.13 Å². The van der Waals surface area contributed by atoms with Crippen LogP contribution in [0.1, 0.15) is 22.3 Å². The predicted octanol–water partition coefficient (Wildman–Crippen LogP) is 4.93. The number of carbonyl (C=O) groups is 1. The van der Waals surface area contributed by atoms with Gasteiger partial charge in [0.1, 0.15) is 5.75 Å². The smallest absolute Gasteiger partial charge is 0.230 e. The van der Waals surface area contributed by atoms with E-state index in [1.54, 1.807) is 7.11 Å². The van der Waals surface area contributed by atoms with Gasteiger partial charge in [-0.2, -0.15) is 0 Å². The van der Waals surface area contributed by atoms with E-state index < -0.39 is 0 Å². The Kier molecular flexibility index (Phi) is 5.38. The molecule has 1 N–H and O–H groups in total. The zero-order valence-electron chi connectivity index (χ0n) is 15.4. The van der Waals surface area contributed by atoms with Crippen molar-refractivity contribution in [2.24, 2.45) is 0 Å². The van der Waals surface area contributed by atoms with E-state index >= 15 is 0 Å². The molecule has 0 bridgehead atoms. The minimum Gasteiger partial charge on any atom is -0.496 e. The lowest BCUT2D eigenvalue weighted by Crippen LogP contribution is -2.14. The van der Waals surface area contributed by atoms with Crippen LogP contribution >= 0.6 is 11.3 Å². The number of hydrogen-bond acceptors (Lipinski definition) is 4. The highest BCUT2D eigenvalue weighted by atomic mass is 32.1. The molecule has 1 amide bonds. The van der Waals surface area contributed by atoms with Crippen molar-refractivity contribution in [3.8, 4) is 17.0 Å². The number of nitrogens with zero attached hydrogens (tertiary/aromatic N) is 1. The highest BCUT2D eigenvalue weighted by Crippen LogP contribution is 2.28. The molecule has 0 fully saturated rings. The van der Waals surface area contributed by atoms with Gasteiger partial charge in [0.2, 0.25) is 5.91 Å². The maximum Gasteiger partial charge on any atom is 0.230 e. The fourth-order valence-corrected chi connectivity index (χ4v) is 3.62. The number of aryl methyl sites for hydroxylation is 3. The fraction of sp³-hybridized carbons (Fsp3) is 0.238. The minimum atomic E-state index is -0.0521. The van der Waals surface area contributed by atoms with Crippen molar-refractivity contribution in [2.45, 2.75) is 27.2 Å². The Morgan fingerprint density at radius 1 is 1.12 bits per heavy atom. The molecule has 3 aromatic rings. The second-order valence-corrected chi connectivity index (χ2v) is 7.24. The zero-order chi connectivity index (χ0) is 18.7. The lowest BCUT2D eigenvalue weighted by Gasteiger charge is -2.07. The largest absolute Gasteiger partial charge is 0.496 e. The Labute approximate surface area is 157 Å². The van der Waals surface area contributed by atoms with Crippen LogP contribution in [0.15, 0.2) is 41.8 Å². The first kappa shape index (κ1) is 18.1. The summed E-state index contributed by atoms with van der Waals surface area (Å²) >= 11 is 1.43. The molecule has 1 aromatic heterocycles. The van der Waals surface area contributed by atoms with Crippen LogP contribution in [0, 0.1) is 20.8 Å². The minimum absolute atomic E-state index is 0.0521. The van der Waals surface area contributed by atoms with Crippen molar-refractivity contribution < 1.29 is 9.53 Å². The van der Waals surface area contributed by atoms with Gasteiger partial charge in [0.05, 0.1) is 19.2 Å². The van der Waals surface area contributed by atoms with E-state index in [2.05, 4.69) is 23.3 Å². The molecule has 4 nitrogen and oxygen atoms in total. The quantitative estimate of drug-likeness (QED) is 0.697. The van der Waals surface area contributed by atoms with E-state index in [1.165, 1.54) is 16.9 Å². The number of benzene rings is 2. The monoisotopic (exact) mass is 366 g/mol. The third-order valence-electron chi connectivity index (χ3n) is 4.29. The maximum absolute atomic E-state index is 12.3. The molecule has 2 aromatic carbocycles. The average molecular weight is 366 g/mol. The summed E-state index contributed by atoms with van der Waals surface area (Å²) in [5.41, 5.74) is 6.28. The molecular weight excluding hydrogens is 344 g/mol. The van der Waals surface area contributed by atoms with E-state index in [-0.39, 0.29) is 5.91 Å². The third kappa shape index (κ3) is 4.11. The first-order chi connectivity index (χ1) is 12.5. The standard InChI is InChI=1S/C21H22N2O2S/c1-13-5-6-16(14(2)9-13)11-20(24)23-21-22-18(12-26-21)17-7-8-19(25-4)15(3)10-17/h5-10,12H,11H2,1-4H3,(H,22,23,24). The predicted molar refractivity (Wildman–Crippen MR) is 107 cm³/mol. The number of thiazole rings is 1. The van der Waals surface area contributed by atoms with Gasteiger partial charge >= 0.3 is 0 Å². The summed E-state index contributed by atoms with van der Waals surface area (Å²) in [5.74, 6) is 0.801. The van der Waals surface area contributed by atoms with Gasteiger partial charge in [-0.15, -0.1) is 11.3 Å². The van der Waals surface area contributed by atoms with Gasteiger partial charge in [-0.05, 0) is 55.7 Å². The highest BCUT2D eigenvalue weighted by molar-refractivity contribution is 7.14. The van der Waals surface area contributed by atoms with E-state index in [9.17, 15) is 4.79 Å². The highest BCUT2D eigenvalue weighted by Gasteiger charge is 2.11. The van der Waals surface area contributed by atoms with Crippen LogP contribution in [0.2, 0.25) is 0 Å². The maximum atomic E-state index is 12.3. The van der Waals surface area contributed by atoms with Crippen molar-refractivity contribution in [3.63, 3.8) is 0 Å². The molecule has 0 aliphatic heterocycles. The Bertz CT molecular complexity index is 947. The van der Waals surface area contributed by atoms with Crippen LogP contribution in [-0.4, -0.2) is 18.0 Å². The Hall–Kier alpha value is -2.66. The van der Waals surface area contributed by atoms with Crippen molar-refractivity contribution >= 4 is 22.4 Å². The summed E-state index contributed by atoms with van der Waals surface area (Å²) in [4.78, 5) is 16.9. The van der Waals surface area contributed by atoms with Gasteiger partial charge in [-0.25, -0.2) is 4.98 Å². The Balaban J connectivity index is 1.70. The lowest BCUT2D eigenvalue weighted by atomic mass is 10.0. The first-order valence-electron chi connectivity index (χ1n) is 8.43. The molecule has 0 saturated heterocycles. The molecule has 26 heavy (non-hydrogen) atoms. The van der Waals surface area contributed by atoms with Gasteiger partial charge in [-0.1, -0.05) is 23.8 Å². The first-order valence-corrected chi connectivity index (χ1v) is 9.31. The molecule has 0 radical (unpaired) electrons. The second-order valence-electron chi connectivity index (χ2n) is 6.38. The van der Waals surface area contributed by atoms with Crippen molar-refractivity contribution in [1.29, 1.82) is 0 Å². The number of amides is 1. The topological polar surface area (TPSA) is 51.2 Å². The summed E-state index contributed by atoms with van der Waals surface area (Å²) < 4.78 is 5.29. The molecule has 0 unspecified atom stereocenters. The van der Waals surface area contributed by atoms with Crippen LogP contribution in [0.25, 0.3) is 11.3 Å². The summed E-state index contributed by atoms with van der Waals surface area (Å²) in [6.45, 7) is 6.08. The number of methoxy groups -OCH3 is 1. The van der Waals surface area contributed by atoms with E-state index in [1.807, 2.05) is 49.6 Å². The number of ether oxygens (including phenoxy) is 1. The van der Waals surface area contributed by atoms with E-state index in [4.69, 9.17) is 4.74 Å².